The molecule has 0 N–H and O–H groups in total. The van der Waals surface area contributed by atoms with Crippen LogP contribution >= 0.6 is 23.2 Å². The molecule has 0 unspecified atom stereocenters. The zero-order valence-electron chi connectivity index (χ0n) is 13.8. The molecular formula is C21H17Cl2NO. The monoisotopic (exact) mass is 369 g/mol. The number of carbonyl (C=O) groups excluding carboxylic acids is 1. The molecule has 25 heavy (non-hydrogen) atoms. The van der Waals surface area contributed by atoms with Gasteiger partial charge in [-0.25, -0.2) is 0 Å². The van der Waals surface area contributed by atoms with Crippen molar-refractivity contribution in [2.45, 2.75) is 19.8 Å². The smallest absolute Gasteiger partial charge is 0.141 e. The molecular weight excluding hydrogens is 353 g/mol. The van der Waals surface area contributed by atoms with Crippen LogP contribution in [0.1, 0.15) is 16.8 Å². The van der Waals surface area contributed by atoms with Crippen molar-refractivity contribution in [2.24, 2.45) is 0 Å². The molecule has 0 aliphatic carbocycles. The molecule has 0 bridgehead atoms. The van der Waals surface area contributed by atoms with Crippen molar-refractivity contribution in [1.29, 1.82) is 0 Å². The fourth-order valence-corrected chi connectivity index (χ4v) is 3.10. The maximum absolute atomic E-state index is 12.3. The molecule has 126 valence electrons. The number of carbonyl (C=O) groups is 1. The number of hydrogen-bond donors (Lipinski definition) is 0. The highest BCUT2D eigenvalue weighted by molar-refractivity contribution is 6.33. The molecule has 1 heterocycles. The number of ketones is 1. The number of aromatic nitrogens is 1. The van der Waals surface area contributed by atoms with Crippen LogP contribution in [0.4, 0.5) is 0 Å². The molecule has 3 aromatic rings. The minimum atomic E-state index is 0.108. The lowest BCUT2D eigenvalue weighted by Gasteiger charge is -2.07. The molecule has 0 aliphatic rings. The lowest BCUT2D eigenvalue weighted by atomic mass is 10.00. The van der Waals surface area contributed by atoms with Crippen molar-refractivity contribution in [3.8, 4) is 11.1 Å². The van der Waals surface area contributed by atoms with Gasteiger partial charge in [0.15, 0.2) is 0 Å². The van der Waals surface area contributed by atoms with Crippen LogP contribution in [0.25, 0.3) is 11.1 Å². The summed E-state index contributed by atoms with van der Waals surface area (Å²) in [6.45, 7) is 1.97. The van der Waals surface area contributed by atoms with E-state index >= 15 is 0 Å². The second-order valence-electron chi connectivity index (χ2n) is 6.01. The molecule has 4 heteroatoms. The summed E-state index contributed by atoms with van der Waals surface area (Å²) in [5.41, 5.74) is 4.96. The Morgan fingerprint density at radius 2 is 1.68 bits per heavy atom. The molecule has 0 radical (unpaired) electrons. The van der Waals surface area contributed by atoms with Crippen LogP contribution in [-0.2, 0) is 17.6 Å². The standard InChI is InChI=1S/C21H17Cl2NO/c1-14-10-17(8-9-24-14)16-4-2-15(3-5-16)11-20(25)13-18-12-19(22)6-7-21(18)23/h2-10,12H,11,13H2,1H3. The van der Waals surface area contributed by atoms with E-state index in [4.69, 9.17) is 23.2 Å². The van der Waals surface area contributed by atoms with Gasteiger partial charge in [0, 0.05) is 34.8 Å². The normalized spacial score (nSPS) is 10.7. The first-order chi connectivity index (χ1) is 12.0. The van der Waals surface area contributed by atoms with Crippen LogP contribution in [-0.4, -0.2) is 10.8 Å². The molecule has 3 rings (SSSR count). The molecule has 0 atom stereocenters. The number of Topliss-reactive ketones (excluding diaryl/α,β-unsaturated/α-hetero) is 1. The number of aryl methyl sites for hydroxylation is 1. The molecule has 0 amide bonds. The molecule has 0 saturated carbocycles. The van der Waals surface area contributed by atoms with Crippen molar-refractivity contribution in [2.75, 3.05) is 0 Å². The highest BCUT2D eigenvalue weighted by Crippen LogP contribution is 2.23. The van der Waals surface area contributed by atoms with Crippen LogP contribution in [0, 0.1) is 6.92 Å². The zero-order valence-corrected chi connectivity index (χ0v) is 15.3. The molecule has 2 nitrogen and oxygen atoms in total. The lowest BCUT2D eigenvalue weighted by molar-refractivity contribution is -0.117. The van der Waals surface area contributed by atoms with Crippen LogP contribution in [0.15, 0.2) is 60.8 Å². The van der Waals surface area contributed by atoms with E-state index < -0.39 is 0 Å². The van der Waals surface area contributed by atoms with E-state index in [1.807, 2.05) is 43.3 Å². The molecule has 0 spiro atoms. The number of nitrogens with zero attached hydrogens (tertiary/aromatic N) is 1. The first-order valence-corrected chi connectivity index (χ1v) is 8.74. The van der Waals surface area contributed by atoms with Gasteiger partial charge in [0.1, 0.15) is 5.78 Å². The van der Waals surface area contributed by atoms with Gasteiger partial charge in [0.2, 0.25) is 0 Å². The van der Waals surface area contributed by atoms with E-state index in [1.54, 1.807) is 24.4 Å². The van der Waals surface area contributed by atoms with E-state index in [0.717, 1.165) is 27.9 Å². The van der Waals surface area contributed by atoms with Crippen molar-refractivity contribution in [1.82, 2.24) is 4.98 Å². The van der Waals surface area contributed by atoms with Gasteiger partial charge < -0.3 is 0 Å². The van der Waals surface area contributed by atoms with E-state index in [2.05, 4.69) is 4.98 Å². The van der Waals surface area contributed by atoms with E-state index in [-0.39, 0.29) is 12.2 Å². The van der Waals surface area contributed by atoms with Gasteiger partial charge in [0.05, 0.1) is 0 Å². The Balaban J connectivity index is 1.69. The van der Waals surface area contributed by atoms with E-state index in [1.165, 1.54) is 0 Å². The first-order valence-electron chi connectivity index (χ1n) is 7.99. The minimum Gasteiger partial charge on any atom is -0.299 e. The highest BCUT2D eigenvalue weighted by atomic mass is 35.5. The highest BCUT2D eigenvalue weighted by Gasteiger charge is 2.09. The average molecular weight is 370 g/mol. The van der Waals surface area contributed by atoms with Crippen molar-refractivity contribution in [3.63, 3.8) is 0 Å². The van der Waals surface area contributed by atoms with Crippen molar-refractivity contribution < 1.29 is 4.79 Å². The Bertz CT molecular complexity index is 904. The lowest BCUT2D eigenvalue weighted by Crippen LogP contribution is -2.07. The average Bonchev–Trinajstić information content (AvgIpc) is 2.59. The van der Waals surface area contributed by atoms with Crippen LogP contribution in [0.2, 0.25) is 10.0 Å². The topological polar surface area (TPSA) is 30.0 Å². The zero-order chi connectivity index (χ0) is 17.8. The maximum atomic E-state index is 12.3. The molecule has 2 aromatic carbocycles. The Morgan fingerprint density at radius 1 is 0.920 bits per heavy atom. The molecule has 0 saturated heterocycles. The fourth-order valence-electron chi connectivity index (χ4n) is 2.72. The van der Waals surface area contributed by atoms with Gasteiger partial charge in [-0.3, -0.25) is 9.78 Å². The van der Waals surface area contributed by atoms with Gasteiger partial charge >= 0.3 is 0 Å². The number of hydrogen-bond acceptors (Lipinski definition) is 2. The van der Waals surface area contributed by atoms with E-state index in [9.17, 15) is 4.79 Å². The van der Waals surface area contributed by atoms with Gasteiger partial charge in [0.25, 0.3) is 0 Å². The van der Waals surface area contributed by atoms with Crippen LogP contribution < -0.4 is 0 Å². The Morgan fingerprint density at radius 3 is 2.40 bits per heavy atom. The van der Waals surface area contributed by atoms with Crippen LogP contribution in [0.3, 0.4) is 0 Å². The number of halogens is 2. The number of rotatable bonds is 5. The summed E-state index contributed by atoms with van der Waals surface area (Å²) in [7, 11) is 0. The van der Waals surface area contributed by atoms with Gasteiger partial charge in [-0.2, -0.15) is 0 Å². The summed E-state index contributed by atoms with van der Waals surface area (Å²) in [6.07, 6.45) is 2.46. The predicted octanol–water partition coefficient (Wildman–Crippen LogP) is 5.72. The van der Waals surface area contributed by atoms with Crippen molar-refractivity contribution >= 4 is 29.0 Å². The second-order valence-corrected chi connectivity index (χ2v) is 6.85. The largest absolute Gasteiger partial charge is 0.299 e. The summed E-state index contributed by atoms with van der Waals surface area (Å²) in [5.74, 6) is 0.108. The summed E-state index contributed by atoms with van der Waals surface area (Å²) in [5, 5.41) is 1.16. The van der Waals surface area contributed by atoms with E-state index in [0.29, 0.717) is 16.5 Å². The molecule has 1 aromatic heterocycles. The Labute approximate surface area is 157 Å². The minimum absolute atomic E-state index is 0.108. The molecule has 0 aliphatic heterocycles. The van der Waals surface area contributed by atoms with Gasteiger partial charge in [-0.05, 0) is 59.5 Å². The third kappa shape index (κ3) is 4.68. The predicted molar refractivity (Wildman–Crippen MR) is 103 cm³/mol. The quantitative estimate of drug-likeness (QED) is 0.575. The van der Waals surface area contributed by atoms with Gasteiger partial charge in [-0.15, -0.1) is 0 Å². The summed E-state index contributed by atoms with van der Waals surface area (Å²) < 4.78 is 0. The summed E-state index contributed by atoms with van der Waals surface area (Å²) >= 11 is 12.1. The fraction of sp³-hybridized carbons (Fsp3) is 0.143. The SMILES string of the molecule is Cc1cc(-c2ccc(CC(=O)Cc3cc(Cl)ccc3Cl)cc2)ccn1. The second kappa shape index (κ2) is 7.81. The Hall–Kier alpha value is -2.16. The summed E-state index contributed by atoms with van der Waals surface area (Å²) in [4.78, 5) is 16.5. The summed E-state index contributed by atoms with van der Waals surface area (Å²) in [6, 6.07) is 17.3. The third-order valence-corrected chi connectivity index (χ3v) is 4.58. The first kappa shape index (κ1) is 17.7. The third-order valence-electron chi connectivity index (χ3n) is 3.98. The van der Waals surface area contributed by atoms with Crippen LogP contribution in [0.5, 0.6) is 0 Å². The number of benzene rings is 2. The van der Waals surface area contributed by atoms with Crippen molar-refractivity contribution in [3.05, 3.63) is 87.7 Å². The Kier molecular flexibility index (Phi) is 5.52. The maximum Gasteiger partial charge on any atom is 0.141 e. The van der Waals surface area contributed by atoms with Gasteiger partial charge in [-0.1, -0.05) is 47.5 Å². The molecule has 0 fully saturated rings. The number of pyridine rings is 1.